The van der Waals surface area contributed by atoms with Gasteiger partial charge in [-0.1, -0.05) is 0 Å². The first-order valence-corrected chi connectivity index (χ1v) is 12.5. The van der Waals surface area contributed by atoms with E-state index in [1.165, 1.54) is 24.4 Å². The molecule has 1 saturated heterocycles. The van der Waals surface area contributed by atoms with Crippen molar-refractivity contribution in [2.24, 2.45) is 0 Å². The number of aromatic nitrogens is 4. The molecule has 0 radical (unpaired) electrons. The van der Waals surface area contributed by atoms with E-state index < -0.39 is 35.0 Å². The summed E-state index contributed by atoms with van der Waals surface area (Å²) in [6, 6.07) is 9.17. The number of likely N-dealkylation sites (tertiary alicyclic amines) is 1. The predicted octanol–water partition coefficient (Wildman–Crippen LogP) is 5.51. The summed E-state index contributed by atoms with van der Waals surface area (Å²) in [5.74, 6) is -2.50. The summed E-state index contributed by atoms with van der Waals surface area (Å²) < 4.78 is 75.8. The molecule has 2 aromatic carbocycles. The van der Waals surface area contributed by atoms with Crippen molar-refractivity contribution in [3.8, 4) is 17.3 Å². The topological polar surface area (TPSA) is 97.2 Å². The quantitative estimate of drug-likeness (QED) is 0.282. The number of hydrogen-bond donors (Lipinski definition) is 2. The van der Waals surface area contributed by atoms with E-state index in [0.717, 1.165) is 62.5 Å². The van der Waals surface area contributed by atoms with Crippen molar-refractivity contribution in [3.63, 3.8) is 0 Å². The van der Waals surface area contributed by atoms with Crippen molar-refractivity contribution in [3.05, 3.63) is 83.8 Å². The lowest BCUT2D eigenvalue weighted by atomic mass is 10.1. The Balaban J connectivity index is 1.29. The monoisotopic (exact) mass is 573 g/mol. The van der Waals surface area contributed by atoms with Crippen LogP contribution in [0.1, 0.15) is 28.9 Å². The fraction of sp³-hybridized carbons (Fsp3) is 0.259. The Morgan fingerprint density at radius 3 is 2.46 bits per heavy atom. The number of nitrogens with zero attached hydrogens (tertiary/aromatic N) is 5. The molecule has 5 rings (SSSR count). The van der Waals surface area contributed by atoms with Crippen LogP contribution in [0, 0.1) is 11.6 Å². The van der Waals surface area contributed by atoms with Gasteiger partial charge in [0.15, 0.2) is 17.3 Å². The zero-order valence-corrected chi connectivity index (χ0v) is 21.6. The van der Waals surface area contributed by atoms with Crippen molar-refractivity contribution in [2.75, 3.05) is 30.8 Å². The minimum atomic E-state index is -4.97. The van der Waals surface area contributed by atoms with Gasteiger partial charge in [-0.05, 0) is 69.4 Å². The number of nitrogens with one attached hydrogen (secondary N) is 2. The number of piperidine rings is 1. The number of hydrogen-bond acceptors (Lipinski definition) is 7. The lowest BCUT2D eigenvalue weighted by molar-refractivity contribution is -0.143. The van der Waals surface area contributed by atoms with Crippen LogP contribution in [0.3, 0.4) is 0 Å². The van der Waals surface area contributed by atoms with Gasteiger partial charge in [0.2, 0.25) is 11.8 Å². The molecule has 0 aliphatic carbocycles. The average Bonchev–Trinajstić information content (AvgIpc) is 3.39. The zero-order valence-electron chi connectivity index (χ0n) is 21.6. The summed E-state index contributed by atoms with van der Waals surface area (Å²) in [4.78, 5) is 23.5. The zero-order chi connectivity index (χ0) is 29.1. The molecule has 4 aromatic rings. The SMILES string of the molecule is CN1CCC(Nc2nccc(Oc3ccc(NC(=O)c4cnn(-c5ccc(F)cc5)c4C(F)(F)F)cc3F)n2)CC1. The Morgan fingerprint density at radius 2 is 1.78 bits per heavy atom. The molecule has 1 aliphatic rings. The largest absolute Gasteiger partial charge is 0.436 e. The summed E-state index contributed by atoms with van der Waals surface area (Å²) in [5.41, 5.74) is -2.38. The third kappa shape index (κ3) is 6.60. The number of carbonyl (C=O) groups is 1. The highest BCUT2D eigenvalue weighted by molar-refractivity contribution is 6.05. The van der Waals surface area contributed by atoms with E-state index in [1.54, 1.807) is 0 Å². The van der Waals surface area contributed by atoms with E-state index in [9.17, 15) is 26.7 Å². The first-order valence-electron chi connectivity index (χ1n) is 12.5. The molecule has 9 nitrogen and oxygen atoms in total. The highest BCUT2D eigenvalue weighted by Gasteiger charge is 2.40. The minimum absolute atomic E-state index is 0.0779. The number of rotatable bonds is 7. The fourth-order valence-electron chi connectivity index (χ4n) is 4.34. The highest BCUT2D eigenvalue weighted by Crippen LogP contribution is 2.34. The van der Waals surface area contributed by atoms with Crippen LogP contribution in [0.5, 0.6) is 11.6 Å². The maximum Gasteiger partial charge on any atom is 0.434 e. The molecule has 0 bridgehead atoms. The molecular formula is C27H24F5N7O2. The van der Waals surface area contributed by atoms with Gasteiger partial charge in [-0.2, -0.15) is 23.3 Å². The third-order valence-electron chi connectivity index (χ3n) is 6.44. The van der Waals surface area contributed by atoms with Gasteiger partial charge in [-0.25, -0.2) is 18.4 Å². The smallest absolute Gasteiger partial charge is 0.434 e. The van der Waals surface area contributed by atoms with Crippen molar-refractivity contribution < 1.29 is 31.5 Å². The van der Waals surface area contributed by atoms with Crippen LogP contribution >= 0.6 is 0 Å². The van der Waals surface area contributed by atoms with Crippen molar-refractivity contribution in [1.29, 1.82) is 0 Å². The highest BCUT2D eigenvalue weighted by atomic mass is 19.4. The molecular weight excluding hydrogens is 549 g/mol. The Bertz CT molecular complexity index is 1530. The fourth-order valence-corrected chi connectivity index (χ4v) is 4.34. The summed E-state index contributed by atoms with van der Waals surface area (Å²) in [5, 5.41) is 9.16. The summed E-state index contributed by atoms with van der Waals surface area (Å²) in [7, 11) is 2.05. The van der Waals surface area contributed by atoms with Gasteiger partial charge in [0, 0.05) is 30.1 Å². The lowest BCUT2D eigenvalue weighted by Crippen LogP contribution is -2.37. The molecule has 1 fully saturated rings. The molecule has 3 heterocycles. The van der Waals surface area contributed by atoms with Crippen LogP contribution in [0.15, 0.2) is 60.9 Å². The van der Waals surface area contributed by atoms with E-state index in [0.29, 0.717) is 10.6 Å². The van der Waals surface area contributed by atoms with Crippen LogP contribution in [0.2, 0.25) is 0 Å². The van der Waals surface area contributed by atoms with Crippen molar-refractivity contribution >= 4 is 17.5 Å². The number of anilines is 2. The molecule has 1 amide bonds. The first kappa shape index (κ1) is 28.0. The molecule has 14 heteroatoms. The molecule has 214 valence electrons. The third-order valence-corrected chi connectivity index (χ3v) is 6.44. The van der Waals surface area contributed by atoms with E-state index >= 15 is 0 Å². The van der Waals surface area contributed by atoms with Crippen molar-refractivity contribution in [1.82, 2.24) is 24.6 Å². The van der Waals surface area contributed by atoms with Gasteiger partial charge >= 0.3 is 6.18 Å². The molecule has 2 N–H and O–H groups in total. The van der Waals surface area contributed by atoms with Gasteiger partial charge in [0.25, 0.3) is 5.91 Å². The summed E-state index contributed by atoms with van der Waals surface area (Å²) >= 11 is 0. The average molecular weight is 574 g/mol. The Hall–Kier alpha value is -4.59. The molecule has 0 spiro atoms. The van der Waals surface area contributed by atoms with Gasteiger partial charge < -0.3 is 20.3 Å². The number of carbonyl (C=O) groups excluding carboxylic acids is 1. The van der Waals surface area contributed by atoms with E-state index in [2.05, 4.69) is 37.6 Å². The van der Waals surface area contributed by atoms with Crippen LogP contribution in [-0.4, -0.2) is 56.7 Å². The Labute approximate surface area is 231 Å². The Morgan fingerprint density at radius 1 is 1.05 bits per heavy atom. The van der Waals surface area contributed by atoms with Gasteiger partial charge in [-0.3, -0.25) is 4.79 Å². The van der Waals surface area contributed by atoms with Crippen LogP contribution in [-0.2, 0) is 6.18 Å². The molecule has 0 atom stereocenters. The standard InChI is InChI=1S/C27H24F5N7O2/c1-38-12-9-17(10-13-38)36-26-33-11-8-23(37-26)41-22-7-4-18(14-21(22)29)35-25(40)20-15-34-39(24(20)27(30,31)32)19-5-2-16(28)3-6-19/h2-8,11,14-15,17H,9-10,12-13H2,1H3,(H,35,40)(H,33,36,37). The summed E-state index contributed by atoms with van der Waals surface area (Å²) in [6.07, 6.45) is -0.925. The van der Waals surface area contributed by atoms with E-state index in [-0.39, 0.29) is 29.0 Å². The molecule has 1 aliphatic heterocycles. The molecule has 0 saturated carbocycles. The molecule has 41 heavy (non-hydrogen) atoms. The first-order chi connectivity index (χ1) is 19.6. The van der Waals surface area contributed by atoms with Crippen molar-refractivity contribution in [2.45, 2.75) is 25.1 Å². The molecule has 2 aromatic heterocycles. The normalized spacial score (nSPS) is 14.6. The predicted molar refractivity (Wildman–Crippen MR) is 139 cm³/mol. The summed E-state index contributed by atoms with van der Waals surface area (Å²) in [6.45, 7) is 1.88. The van der Waals surface area contributed by atoms with Crippen LogP contribution in [0.25, 0.3) is 5.69 Å². The van der Waals surface area contributed by atoms with Crippen LogP contribution in [0.4, 0.5) is 33.6 Å². The van der Waals surface area contributed by atoms with Gasteiger partial charge in [-0.15, -0.1) is 0 Å². The number of benzene rings is 2. The maximum atomic E-state index is 14.9. The number of alkyl halides is 3. The number of ether oxygens (including phenoxy) is 1. The lowest BCUT2D eigenvalue weighted by Gasteiger charge is -2.29. The molecule has 0 unspecified atom stereocenters. The van der Waals surface area contributed by atoms with E-state index in [1.807, 2.05) is 0 Å². The van der Waals surface area contributed by atoms with Gasteiger partial charge in [0.05, 0.1) is 17.4 Å². The number of halogens is 5. The Kier molecular flexibility index (Phi) is 7.83. The second-order valence-electron chi connectivity index (χ2n) is 9.43. The van der Waals surface area contributed by atoms with E-state index in [4.69, 9.17) is 4.74 Å². The number of amides is 1. The maximum absolute atomic E-state index is 14.9. The van der Waals surface area contributed by atoms with Crippen LogP contribution < -0.4 is 15.4 Å². The van der Waals surface area contributed by atoms with Gasteiger partial charge in [0.1, 0.15) is 5.82 Å². The minimum Gasteiger partial charge on any atom is -0.436 e. The second kappa shape index (κ2) is 11.5. The second-order valence-corrected chi connectivity index (χ2v) is 9.43.